The van der Waals surface area contributed by atoms with Crippen molar-refractivity contribution in [3.05, 3.63) is 59.2 Å². The summed E-state index contributed by atoms with van der Waals surface area (Å²) in [4.78, 5) is 29.2. The maximum absolute atomic E-state index is 14.1. The first-order valence-electron chi connectivity index (χ1n) is 15.2. The molecule has 3 rings (SSSR count). The quantitative estimate of drug-likeness (QED) is 0.268. The third kappa shape index (κ3) is 8.86. The largest absolute Gasteiger partial charge is 0.493 e. The van der Waals surface area contributed by atoms with E-state index >= 15 is 0 Å². The summed E-state index contributed by atoms with van der Waals surface area (Å²) >= 11 is 0. The summed E-state index contributed by atoms with van der Waals surface area (Å²) in [6, 6.07) is 13.3. The Bertz CT molecular complexity index is 1300. The Morgan fingerprint density at radius 3 is 2.09 bits per heavy atom. The molecule has 3 amide bonds. The molecule has 238 valence electrons. The van der Waals surface area contributed by atoms with Crippen LogP contribution in [0.1, 0.15) is 82.0 Å². The van der Waals surface area contributed by atoms with Crippen molar-refractivity contribution in [2.24, 2.45) is 0 Å². The predicted octanol–water partition coefficient (Wildman–Crippen LogP) is 5.12. The topological polar surface area (TPSA) is 117 Å². The van der Waals surface area contributed by atoms with Crippen LogP contribution in [0.5, 0.6) is 11.5 Å². The standard InChI is InChI=1S/C32H48N4O6S/c1-7-41-28-22-27(23-29(24(28)3)42-8-2)25(4)36(21-15-12-18-26-16-10-9-11-17-26)31(38)33-32(19-13-14-20-32)30(37)34-43(39,40)35(5)6/h9-11,16-17,22-23,25H,7-8,12-15,18-21H2,1-6H3,(H,33,38)(H,34,37). The van der Waals surface area contributed by atoms with E-state index < -0.39 is 27.7 Å². The zero-order valence-corrected chi connectivity index (χ0v) is 27.3. The van der Waals surface area contributed by atoms with Crippen LogP contribution in [-0.2, 0) is 21.4 Å². The van der Waals surface area contributed by atoms with Crippen molar-refractivity contribution >= 4 is 22.1 Å². The molecule has 2 N–H and O–H groups in total. The number of carbonyl (C=O) groups excluding carboxylic acids is 2. The fourth-order valence-electron chi connectivity index (χ4n) is 5.41. The Labute approximate surface area is 257 Å². The van der Waals surface area contributed by atoms with E-state index in [2.05, 4.69) is 22.2 Å². The Morgan fingerprint density at radius 2 is 1.56 bits per heavy atom. The molecule has 0 aliphatic heterocycles. The average Bonchev–Trinajstić information content (AvgIpc) is 3.45. The molecule has 0 bridgehead atoms. The molecule has 2 aromatic rings. The number of urea groups is 1. The summed E-state index contributed by atoms with van der Waals surface area (Å²) in [5.74, 6) is 0.678. The van der Waals surface area contributed by atoms with Crippen LogP contribution >= 0.6 is 0 Å². The molecule has 0 saturated heterocycles. The van der Waals surface area contributed by atoms with E-state index in [0.29, 0.717) is 56.9 Å². The maximum atomic E-state index is 14.1. The minimum Gasteiger partial charge on any atom is -0.493 e. The maximum Gasteiger partial charge on any atom is 0.318 e. The van der Waals surface area contributed by atoms with Gasteiger partial charge in [0.05, 0.1) is 19.3 Å². The molecule has 0 spiro atoms. The van der Waals surface area contributed by atoms with Gasteiger partial charge in [-0.1, -0.05) is 43.2 Å². The number of aryl methyl sites for hydroxylation is 1. The molecule has 1 atom stereocenters. The number of hydrogen-bond acceptors (Lipinski definition) is 6. The van der Waals surface area contributed by atoms with Gasteiger partial charge in [0.2, 0.25) is 0 Å². The molecule has 0 aromatic heterocycles. The summed E-state index contributed by atoms with van der Waals surface area (Å²) in [6.07, 6.45) is 4.62. The number of nitrogens with zero attached hydrogens (tertiary/aromatic N) is 2. The zero-order chi connectivity index (χ0) is 31.6. The second kappa shape index (κ2) is 15.4. The molecule has 1 aliphatic rings. The van der Waals surface area contributed by atoms with Gasteiger partial charge in [0, 0.05) is 26.2 Å². The van der Waals surface area contributed by atoms with E-state index in [1.807, 2.05) is 58.0 Å². The monoisotopic (exact) mass is 616 g/mol. The molecule has 11 heteroatoms. The van der Waals surface area contributed by atoms with Crippen molar-refractivity contribution in [1.29, 1.82) is 0 Å². The third-order valence-electron chi connectivity index (χ3n) is 8.04. The second-order valence-corrected chi connectivity index (χ2v) is 13.1. The van der Waals surface area contributed by atoms with Gasteiger partial charge in [0.25, 0.3) is 5.91 Å². The first-order valence-corrected chi connectivity index (χ1v) is 16.7. The van der Waals surface area contributed by atoms with Gasteiger partial charge in [-0.15, -0.1) is 0 Å². The highest BCUT2D eigenvalue weighted by Gasteiger charge is 2.45. The Balaban J connectivity index is 1.91. The first kappa shape index (κ1) is 34.2. The number of amides is 3. The number of benzene rings is 2. The fraction of sp³-hybridized carbons (Fsp3) is 0.562. The van der Waals surface area contributed by atoms with Gasteiger partial charge >= 0.3 is 16.2 Å². The highest BCUT2D eigenvalue weighted by molar-refractivity contribution is 7.87. The van der Waals surface area contributed by atoms with Crippen LogP contribution in [0.15, 0.2) is 42.5 Å². The van der Waals surface area contributed by atoms with E-state index in [1.54, 1.807) is 4.90 Å². The van der Waals surface area contributed by atoms with Crippen LogP contribution in [0.3, 0.4) is 0 Å². The molecular weight excluding hydrogens is 568 g/mol. The summed E-state index contributed by atoms with van der Waals surface area (Å²) in [6.45, 7) is 9.15. The molecule has 1 saturated carbocycles. The fourth-order valence-corrected chi connectivity index (χ4v) is 6.02. The summed E-state index contributed by atoms with van der Waals surface area (Å²) in [5, 5.41) is 2.98. The first-order chi connectivity index (χ1) is 20.4. The van der Waals surface area contributed by atoms with Crippen LogP contribution in [0.4, 0.5) is 4.79 Å². The van der Waals surface area contributed by atoms with Crippen molar-refractivity contribution in [3.8, 4) is 11.5 Å². The highest BCUT2D eigenvalue weighted by atomic mass is 32.2. The van der Waals surface area contributed by atoms with Crippen molar-refractivity contribution in [2.45, 2.75) is 84.2 Å². The van der Waals surface area contributed by atoms with Gasteiger partial charge < -0.3 is 19.7 Å². The number of nitrogens with one attached hydrogen (secondary N) is 2. The summed E-state index contributed by atoms with van der Waals surface area (Å²) in [5.41, 5.74) is 1.65. The molecule has 0 heterocycles. The summed E-state index contributed by atoms with van der Waals surface area (Å²) < 4.78 is 39.9. The van der Waals surface area contributed by atoms with Gasteiger partial charge in [0.1, 0.15) is 17.0 Å². The molecule has 10 nitrogen and oxygen atoms in total. The van der Waals surface area contributed by atoms with Gasteiger partial charge in [-0.05, 0) is 83.1 Å². The van der Waals surface area contributed by atoms with Gasteiger partial charge in [-0.3, -0.25) is 4.79 Å². The Hall–Kier alpha value is -3.31. The lowest BCUT2D eigenvalue weighted by molar-refractivity contribution is -0.125. The molecule has 2 aromatic carbocycles. The molecule has 1 aliphatic carbocycles. The van der Waals surface area contributed by atoms with Crippen LogP contribution in [0.25, 0.3) is 0 Å². The van der Waals surface area contributed by atoms with Crippen molar-refractivity contribution in [2.75, 3.05) is 33.9 Å². The smallest absolute Gasteiger partial charge is 0.318 e. The lowest BCUT2D eigenvalue weighted by atomic mass is 9.96. The van der Waals surface area contributed by atoms with E-state index in [1.165, 1.54) is 19.7 Å². The van der Waals surface area contributed by atoms with Crippen LogP contribution in [0.2, 0.25) is 0 Å². The second-order valence-electron chi connectivity index (χ2n) is 11.3. The lowest BCUT2D eigenvalue weighted by Gasteiger charge is -2.36. The van der Waals surface area contributed by atoms with Crippen LogP contribution in [0, 0.1) is 6.92 Å². The zero-order valence-electron chi connectivity index (χ0n) is 26.4. The normalized spacial score (nSPS) is 15.1. The van der Waals surface area contributed by atoms with Crippen LogP contribution < -0.4 is 19.5 Å². The molecule has 1 unspecified atom stereocenters. The third-order valence-corrected chi connectivity index (χ3v) is 9.45. The number of carbonyl (C=O) groups is 2. The molecule has 43 heavy (non-hydrogen) atoms. The van der Waals surface area contributed by atoms with Gasteiger partial charge in [-0.2, -0.15) is 12.7 Å². The number of rotatable bonds is 15. The minimum atomic E-state index is -4.02. The SMILES string of the molecule is CCOc1cc(C(C)N(CCCCc2ccccc2)C(=O)NC2(C(=O)NS(=O)(=O)N(C)C)CCCC2)cc(OCC)c1C. The van der Waals surface area contributed by atoms with Gasteiger partial charge in [0.15, 0.2) is 0 Å². The minimum absolute atomic E-state index is 0.358. The Morgan fingerprint density at radius 1 is 0.977 bits per heavy atom. The van der Waals surface area contributed by atoms with Crippen molar-refractivity contribution in [3.63, 3.8) is 0 Å². The van der Waals surface area contributed by atoms with E-state index in [4.69, 9.17) is 9.47 Å². The molecule has 0 radical (unpaired) electrons. The highest BCUT2D eigenvalue weighted by Crippen LogP contribution is 2.35. The average molecular weight is 617 g/mol. The van der Waals surface area contributed by atoms with E-state index in [9.17, 15) is 18.0 Å². The lowest BCUT2D eigenvalue weighted by Crippen LogP contribution is -2.61. The van der Waals surface area contributed by atoms with E-state index in [0.717, 1.165) is 34.7 Å². The van der Waals surface area contributed by atoms with Crippen molar-refractivity contribution in [1.82, 2.24) is 19.2 Å². The van der Waals surface area contributed by atoms with E-state index in [-0.39, 0.29) is 6.04 Å². The molecular formula is C32H48N4O6S. The number of ether oxygens (including phenoxy) is 2. The number of hydrogen-bond donors (Lipinski definition) is 2. The molecule has 1 fully saturated rings. The predicted molar refractivity (Wildman–Crippen MR) is 168 cm³/mol. The van der Waals surface area contributed by atoms with Crippen LogP contribution in [-0.4, -0.2) is 69.0 Å². The van der Waals surface area contributed by atoms with Crippen molar-refractivity contribution < 1.29 is 27.5 Å². The van der Waals surface area contributed by atoms with Gasteiger partial charge in [-0.25, -0.2) is 9.52 Å². The summed E-state index contributed by atoms with van der Waals surface area (Å²) in [7, 11) is -1.32. The Kier molecular flexibility index (Phi) is 12.3. The number of unbranched alkanes of at least 4 members (excludes halogenated alkanes) is 1.